The Morgan fingerprint density at radius 2 is 2.11 bits per heavy atom. The van der Waals surface area contributed by atoms with Gasteiger partial charge in [-0.1, -0.05) is 12.1 Å². The third-order valence-electron chi connectivity index (χ3n) is 3.17. The summed E-state index contributed by atoms with van der Waals surface area (Å²) in [7, 11) is -3.54. The minimum Gasteiger partial charge on any atom is -0.481 e. The molecular formula is C12H14BrNO4S. The van der Waals surface area contributed by atoms with Crippen LogP contribution in [0.4, 0.5) is 0 Å². The maximum atomic E-state index is 12.4. The quantitative estimate of drug-likeness (QED) is 0.902. The van der Waals surface area contributed by atoms with E-state index < -0.39 is 16.0 Å². The minimum atomic E-state index is -3.54. The molecule has 1 N–H and O–H groups in total. The Balaban J connectivity index is 2.19. The third-order valence-corrected chi connectivity index (χ3v) is 6.04. The van der Waals surface area contributed by atoms with E-state index in [0.717, 1.165) is 0 Å². The fourth-order valence-corrected chi connectivity index (χ4v) is 4.72. The molecule has 1 aromatic rings. The van der Waals surface area contributed by atoms with Crippen LogP contribution < -0.4 is 0 Å². The smallest absolute Gasteiger partial charge is 0.303 e. The van der Waals surface area contributed by atoms with E-state index >= 15 is 0 Å². The Morgan fingerprint density at radius 1 is 1.42 bits per heavy atom. The number of carbonyl (C=O) groups is 1. The van der Waals surface area contributed by atoms with Gasteiger partial charge in [-0.05, 0) is 40.4 Å². The van der Waals surface area contributed by atoms with Crippen LogP contribution in [0.15, 0.2) is 33.6 Å². The summed E-state index contributed by atoms with van der Waals surface area (Å²) in [5, 5.41) is 8.75. The van der Waals surface area contributed by atoms with Gasteiger partial charge in [0.2, 0.25) is 10.0 Å². The lowest BCUT2D eigenvalue weighted by Gasteiger charge is -2.17. The van der Waals surface area contributed by atoms with Gasteiger partial charge in [0.15, 0.2) is 0 Å². The summed E-state index contributed by atoms with van der Waals surface area (Å²) in [6.45, 7) is 0.650. The first-order valence-electron chi connectivity index (χ1n) is 5.87. The highest BCUT2D eigenvalue weighted by Crippen LogP contribution is 2.29. The van der Waals surface area contributed by atoms with Gasteiger partial charge in [-0.2, -0.15) is 4.31 Å². The van der Waals surface area contributed by atoms with E-state index in [1.54, 1.807) is 24.3 Å². The molecule has 1 aromatic carbocycles. The van der Waals surface area contributed by atoms with E-state index in [9.17, 15) is 13.2 Å². The summed E-state index contributed by atoms with van der Waals surface area (Å²) in [6, 6.07) is 6.64. The molecule has 1 unspecified atom stereocenters. The third kappa shape index (κ3) is 3.16. The number of aliphatic carboxylic acids is 1. The van der Waals surface area contributed by atoms with Crippen molar-refractivity contribution in [3.8, 4) is 0 Å². The first-order chi connectivity index (χ1) is 8.91. The Morgan fingerprint density at radius 3 is 2.74 bits per heavy atom. The maximum absolute atomic E-state index is 12.4. The van der Waals surface area contributed by atoms with E-state index in [2.05, 4.69) is 15.9 Å². The monoisotopic (exact) mass is 347 g/mol. The topological polar surface area (TPSA) is 74.7 Å². The summed E-state index contributed by atoms with van der Waals surface area (Å²) in [6.07, 6.45) is 0.609. The van der Waals surface area contributed by atoms with E-state index in [1.165, 1.54) is 4.31 Å². The molecule has 2 rings (SSSR count). The van der Waals surface area contributed by atoms with Crippen molar-refractivity contribution in [1.82, 2.24) is 4.31 Å². The molecule has 1 fully saturated rings. The number of rotatable bonds is 4. The van der Waals surface area contributed by atoms with Crippen molar-refractivity contribution in [2.75, 3.05) is 13.1 Å². The van der Waals surface area contributed by atoms with E-state index in [0.29, 0.717) is 17.4 Å². The van der Waals surface area contributed by atoms with Crippen LogP contribution in [0.25, 0.3) is 0 Å². The lowest BCUT2D eigenvalue weighted by Crippen LogP contribution is -2.29. The van der Waals surface area contributed by atoms with Crippen molar-refractivity contribution < 1.29 is 18.3 Å². The van der Waals surface area contributed by atoms with Crippen molar-refractivity contribution in [3.63, 3.8) is 0 Å². The molecule has 19 heavy (non-hydrogen) atoms. The summed E-state index contributed by atoms with van der Waals surface area (Å²) in [5.41, 5.74) is 0. The van der Waals surface area contributed by atoms with Gasteiger partial charge in [0.1, 0.15) is 0 Å². The fraction of sp³-hybridized carbons (Fsp3) is 0.417. The van der Waals surface area contributed by atoms with Crippen molar-refractivity contribution in [3.05, 3.63) is 28.7 Å². The van der Waals surface area contributed by atoms with Crippen molar-refractivity contribution >= 4 is 31.9 Å². The molecule has 1 heterocycles. The molecule has 0 radical (unpaired) electrons. The Kier molecular flexibility index (Phi) is 4.27. The molecule has 0 aromatic heterocycles. The van der Waals surface area contributed by atoms with Crippen LogP contribution in [-0.2, 0) is 14.8 Å². The summed E-state index contributed by atoms with van der Waals surface area (Å²) in [4.78, 5) is 10.9. The first kappa shape index (κ1) is 14.5. The van der Waals surface area contributed by atoms with Crippen molar-refractivity contribution in [1.29, 1.82) is 0 Å². The number of hydrogen-bond acceptors (Lipinski definition) is 3. The number of carboxylic acids is 1. The van der Waals surface area contributed by atoms with Crippen LogP contribution in [-0.4, -0.2) is 36.9 Å². The molecule has 1 saturated heterocycles. The lowest BCUT2D eigenvalue weighted by atomic mass is 10.1. The Labute approximate surface area is 120 Å². The van der Waals surface area contributed by atoms with Gasteiger partial charge < -0.3 is 5.11 Å². The highest BCUT2D eigenvalue weighted by atomic mass is 79.9. The number of sulfonamides is 1. The van der Waals surface area contributed by atoms with E-state index in [4.69, 9.17) is 5.11 Å². The number of hydrogen-bond donors (Lipinski definition) is 1. The molecule has 0 saturated carbocycles. The first-order valence-corrected chi connectivity index (χ1v) is 8.11. The largest absolute Gasteiger partial charge is 0.481 e. The highest BCUT2D eigenvalue weighted by Gasteiger charge is 2.34. The van der Waals surface area contributed by atoms with Crippen LogP contribution in [0.5, 0.6) is 0 Å². The second-order valence-electron chi connectivity index (χ2n) is 4.55. The molecule has 0 bridgehead atoms. The minimum absolute atomic E-state index is 0.0159. The molecule has 0 aliphatic carbocycles. The molecule has 0 spiro atoms. The van der Waals surface area contributed by atoms with Gasteiger partial charge >= 0.3 is 5.97 Å². The second kappa shape index (κ2) is 5.60. The highest BCUT2D eigenvalue weighted by molar-refractivity contribution is 9.10. The van der Waals surface area contributed by atoms with Gasteiger partial charge in [0.25, 0.3) is 0 Å². The normalized spacial score (nSPS) is 20.6. The zero-order valence-electron chi connectivity index (χ0n) is 10.1. The predicted octanol–water partition coefficient (Wildman–Crippen LogP) is 1.93. The average Bonchev–Trinajstić information content (AvgIpc) is 2.77. The number of benzene rings is 1. The Hall–Kier alpha value is -0.920. The summed E-state index contributed by atoms with van der Waals surface area (Å²) >= 11 is 3.23. The fourth-order valence-electron chi connectivity index (χ4n) is 2.22. The number of halogens is 1. The van der Waals surface area contributed by atoms with Gasteiger partial charge in [-0.3, -0.25) is 4.79 Å². The van der Waals surface area contributed by atoms with E-state index in [-0.39, 0.29) is 23.8 Å². The predicted molar refractivity (Wildman–Crippen MR) is 73.3 cm³/mol. The standard InChI is InChI=1S/C12H14BrNO4S/c13-10-3-1-2-4-11(10)19(17,18)14-6-5-9(8-14)7-12(15)16/h1-4,9H,5-8H2,(H,15,16). The van der Waals surface area contributed by atoms with Gasteiger partial charge in [-0.25, -0.2) is 8.42 Å². The van der Waals surface area contributed by atoms with Crippen LogP contribution in [0.2, 0.25) is 0 Å². The van der Waals surface area contributed by atoms with Crippen LogP contribution >= 0.6 is 15.9 Å². The Bertz CT molecular complexity index is 587. The molecule has 5 nitrogen and oxygen atoms in total. The van der Waals surface area contributed by atoms with Crippen LogP contribution in [0.3, 0.4) is 0 Å². The summed E-state index contributed by atoms with van der Waals surface area (Å²) in [5.74, 6) is -0.986. The zero-order valence-corrected chi connectivity index (χ0v) is 12.5. The van der Waals surface area contributed by atoms with Crippen LogP contribution in [0.1, 0.15) is 12.8 Å². The van der Waals surface area contributed by atoms with E-state index in [1.807, 2.05) is 0 Å². The molecular weight excluding hydrogens is 334 g/mol. The average molecular weight is 348 g/mol. The molecule has 1 aliphatic rings. The molecule has 1 atom stereocenters. The number of carboxylic acid groups (broad SMARTS) is 1. The second-order valence-corrected chi connectivity index (χ2v) is 7.31. The van der Waals surface area contributed by atoms with Gasteiger partial charge in [0, 0.05) is 24.0 Å². The molecule has 0 amide bonds. The van der Waals surface area contributed by atoms with Gasteiger partial charge in [0.05, 0.1) is 4.90 Å². The van der Waals surface area contributed by atoms with Crippen LogP contribution in [0, 0.1) is 5.92 Å². The lowest BCUT2D eigenvalue weighted by molar-refractivity contribution is -0.137. The molecule has 104 valence electrons. The summed E-state index contributed by atoms with van der Waals surface area (Å²) < 4.78 is 26.8. The SMILES string of the molecule is O=C(O)CC1CCN(S(=O)(=O)c2ccccc2Br)C1. The van der Waals surface area contributed by atoms with Crippen molar-refractivity contribution in [2.45, 2.75) is 17.7 Å². The maximum Gasteiger partial charge on any atom is 0.303 e. The molecule has 1 aliphatic heterocycles. The number of nitrogens with zero attached hydrogens (tertiary/aromatic N) is 1. The van der Waals surface area contributed by atoms with Gasteiger partial charge in [-0.15, -0.1) is 0 Å². The molecule has 7 heteroatoms. The van der Waals surface area contributed by atoms with Crippen molar-refractivity contribution in [2.24, 2.45) is 5.92 Å². The zero-order chi connectivity index (χ0) is 14.0.